The molecule has 2 aliphatic rings. The number of nitrogens with zero attached hydrogens (tertiary/aromatic N) is 2. The molecule has 0 unspecified atom stereocenters. The molecule has 1 saturated heterocycles. The molecule has 0 aromatic carbocycles. The smallest absolute Gasteiger partial charge is 0.304 e. The van der Waals surface area contributed by atoms with Crippen LogP contribution < -0.4 is 0 Å². The average molecular weight is 296 g/mol. The molecule has 0 atom stereocenters. The van der Waals surface area contributed by atoms with E-state index in [1.165, 1.54) is 19.3 Å². The van der Waals surface area contributed by atoms with E-state index in [0.717, 1.165) is 26.2 Å². The molecule has 2 fully saturated rings. The lowest BCUT2D eigenvalue weighted by molar-refractivity contribution is -0.137. The average Bonchev–Trinajstić information content (AvgIpc) is 2.33. The lowest BCUT2D eigenvalue weighted by atomic mass is 9.63. The van der Waals surface area contributed by atoms with Gasteiger partial charge in [0, 0.05) is 38.8 Å². The van der Waals surface area contributed by atoms with Crippen LogP contribution in [0.5, 0.6) is 0 Å². The Labute approximate surface area is 129 Å². The predicted molar refractivity (Wildman–Crippen MR) is 85.5 cm³/mol. The molecule has 0 spiro atoms. The highest BCUT2D eigenvalue weighted by atomic mass is 16.4. The summed E-state index contributed by atoms with van der Waals surface area (Å²) in [5.74, 6) is -0.687. The molecule has 1 N–H and O–H groups in total. The highest BCUT2D eigenvalue weighted by Gasteiger charge is 2.40. The van der Waals surface area contributed by atoms with Crippen LogP contribution >= 0.6 is 0 Å². The largest absolute Gasteiger partial charge is 0.481 e. The second-order valence-corrected chi connectivity index (χ2v) is 8.59. The Hall–Kier alpha value is -0.610. The minimum absolute atomic E-state index is 0.267. The first kappa shape index (κ1) is 16.8. The number of aliphatic carboxylic acids is 1. The molecule has 0 amide bonds. The van der Waals surface area contributed by atoms with Crippen molar-refractivity contribution in [1.29, 1.82) is 0 Å². The summed E-state index contributed by atoms with van der Waals surface area (Å²) >= 11 is 0. The van der Waals surface area contributed by atoms with Crippen molar-refractivity contribution in [3.8, 4) is 0 Å². The van der Waals surface area contributed by atoms with Gasteiger partial charge in [-0.1, -0.05) is 27.7 Å². The summed E-state index contributed by atoms with van der Waals surface area (Å²) in [6.07, 6.45) is 4.18. The van der Waals surface area contributed by atoms with Gasteiger partial charge in [-0.15, -0.1) is 0 Å². The first-order chi connectivity index (χ1) is 9.67. The van der Waals surface area contributed by atoms with Crippen LogP contribution in [0.2, 0.25) is 0 Å². The molecule has 0 bridgehead atoms. The van der Waals surface area contributed by atoms with Crippen LogP contribution in [-0.2, 0) is 4.79 Å². The van der Waals surface area contributed by atoms with Gasteiger partial charge in [0.05, 0.1) is 6.42 Å². The van der Waals surface area contributed by atoms with Crippen molar-refractivity contribution >= 4 is 5.97 Å². The van der Waals surface area contributed by atoms with E-state index in [2.05, 4.69) is 37.5 Å². The Morgan fingerprint density at radius 1 is 1.05 bits per heavy atom. The van der Waals surface area contributed by atoms with Crippen molar-refractivity contribution in [2.24, 2.45) is 10.8 Å². The maximum atomic E-state index is 10.7. The maximum Gasteiger partial charge on any atom is 0.304 e. The third-order valence-electron chi connectivity index (χ3n) is 5.10. The van der Waals surface area contributed by atoms with Crippen molar-refractivity contribution in [2.75, 3.05) is 32.7 Å². The second kappa shape index (κ2) is 6.25. The second-order valence-electron chi connectivity index (χ2n) is 8.59. The fraction of sp³-hybridized carbons (Fsp3) is 0.941. The summed E-state index contributed by atoms with van der Waals surface area (Å²) < 4.78 is 0. The number of hydrogen-bond donors (Lipinski definition) is 1. The van der Waals surface area contributed by atoms with Gasteiger partial charge < -0.3 is 10.0 Å². The summed E-state index contributed by atoms with van der Waals surface area (Å²) in [6, 6.07) is 0.699. The lowest BCUT2D eigenvalue weighted by Crippen LogP contribution is -2.54. The molecular weight excluding hydrogens is 264 g/mol. The minimum Gasteiger partial charge on any atom is -0.481 e. The molecule has 122 valence electrons. The lowest BCUT2D eigenvalue weighted by Gasteiger charge is -2.50. The fourth-order valence-electron chi connectivity index (χ4n) is 4.65. The number of carboxylic acids is 1. The van der Waals surface area contributed by atoms with Crippen molar-refractivity contribution in [3.63, 3.8) is 0 Å². The van der Waals surface area contributed by atoms with Gasteiger partial charge in [0.1, 0.15) is 0 Å². The molecule has 1 saturated carbocycles. The van der Waals surface area contributed by atoms with Gasteiger partial charge in [-0.05, 0) is 30.1 Å². The minimum atomic E-state index is -0.687. The summed E-state index contributed by atoms with van der Waals surface area (Å²) in [6.45, 7) is 14.6. The molecule has 4 heteroatoms. The highest BCUT2D eigenvalue weighted by Crippen LogP contribution is 2.47. The number of piperazine rings is 1. The van der Waals surface area contributed by atoms with Crippen molar-refractivity contribution in [1.82, 2.24) is 9.80 Å². The molecular formula is C17H32N2O2. The van der Waals surface area contributed by atoms with Gasteiger partial charge in [-0.3, -0.25) is 9.69 Å². The van der Waals surface area contributed by atoms with E-state index in [0.29, 0.717) is 23.4 Å². The number of carbonyl (C=O) groups is 1. The Morgan fingerprint density at radius 3 is 2.05 bits per heavy atom. The Morgan fingerprint density at radius 2 is 1.57 bits per heavy atom. The zero-order chi connectivity index (χ0) is 15.7. The van der Waals surface area contributed by atoms with E-state index in [-0.39, 0.29) is 6.42 Å². The zero-order valence-electron chi connectivity index (χ0n) is 14.2. The fourth-order valence-corrected chi connectivity index (χ4v) is 4.65. The van der Waals surface area contributed by atoms with E-state index in [1.807, 2.05) is 0 Å². The van der Waals surface area contributed by atoms with Crippen molar-refractivity contribution < 1.29 is 9.90 Å². The quantitative estimate of drug-likeness (QED) is 0.866. The van der Waals surface area contributed by atoms with Crippen LogP contribution in [-0.4, -0.2) is 59.6 Å². The molecule has 0 aromatic heterocycles. The highest BCUT2D eigenvalue weighted by molar-refractivity contribution is 5.66. The molecule has 1 aliphatic heterocycles. The van der Waals surface area contributed by atoms with Crippen LogP contribution in [0.4, 0.5) is 0 Å². The van der Waals surface area contributed by atoms with E-state index in [9.17, 15) is 4.79 Å². The van der Waals surface area contributed by atoms with Crippen LogP contribution in [0, 0.1) is 10.8 Å². The zero-order valence-corrected chi connectivity index (χ0v) is 14.2. The first-order valence-corrected chi connectivity index (χ1v) is 8.35. The summed E-state index contributed by atoms with van der Waals surface area (Å²) in [5, 5.41) is 8.78. The van der Waals surface area contributed by atoms with Crippen LogP contribution in [0.1, 0.15) is 53.4 Å². The third-order valence-corrected chi connectivity index (χ3v) is 5.10. The first-order valence-electron chi connectivity index (χ1n) is 8.35. The SMILES string of the molecule is CC1(C)CC(N2CCN(CCC(=O)O)CC2)CC(C)(C)C1. The van der Waals surface area contributed by atoms with Crippen LogP contribution in [0.15, 0.2) is 0 Å². The Kier molecular flexibility index (Phi) is 4.99. The molecule has 2 rings (SSSR count). The van der Waals surface area contributed by atoms with Crippen molar-refractivity contribution in [3.05, 3.63) is 0 Å². The molecule has 0 radical (unpaired) electrons. The summed E-state index contributed by atoms with van der Waals surface area (Å²) in [7, 11) is 0. The third kappa shape index (κ3) is 4.96. The van der Waals surface area contributed by atoms with E-state index < -0.39 is 5.97 Å². The Balaban J connectivity index is 1.85. The van der Waals surface area contributed by atoms with E-state index in [1.54, 1.807) is 0 Å². The Bertz CT molecular complexity index is 355. The van der Waals surface area contributed by atoms with Crippen LogP contribution in [0.25, 0.3) is 0 Å². The van der Waals surface area contributed by atoms with Gasteiger partial charge in [0.15, 0.2) is 0 Å². The number of rotatable bonds is 4. The maximum absolute atomic E-state index is 10.7. The summed E-state index contributed by atoms with van der Waals surface area (Å²) in [4.78, 5) is 15.6. The number of carboxylic acid groups (broad SMARTS) is 1. The normalized spacial score (nSPS) is 27.6. The van der Waals surface area contributed by atoms with E-state index >= 15 is 0 Å². The van der Waals surface area contributed by atoms with Gasteiger partial charge >= 0.3 is 5.97 Å². The van der Waals surface area contributed by atoms with Gasteiger partial charge in [0.25, 0.3) is 0 Å². The van der Waals surface area contributed by atoms with Crippen LogP contribution in [0.3, 0.4) is 0 Å². The van der Waals surface area contributed by atoms with Gasteiger partial charge in [0.2, 0.25) is 0 Å². The van der Waals surface area contributed by atoms with Gasteiger partial charge in [-0.25, -0.2) is 0 Å². The monoisotopic (exact) mass is 296 g/mol. The van der Waals surface area contributed by atoms with Crippen molar-refractivity contribution in [2.45, 2.75) is 59.4 Å². The van der Waals surface area contributed by atoms with E-state index in [4.69, 9.17) is 5.11 Å². The summed E-state index contributed by atoms with van der Waals surface area (Å²) in [5.41, 5.74) is 0.875. The molecule has 1 heterocycles. The topological polar surface area (TPSA) is 43.8 Å². The molecule has 4 nitrogen and oxygen atoms in total. The molecule has 0 aromatic rings. The van der Waals surface area contributed by atoms with Gasteiger partial charge in [-0.2, -0.15) is 0 Å². The molecule has 21 heavy (non-hydrogen) atoms. The standard InChI is InChI=1S/C17H32N2O2/c1-16(2)11-14(12-17(3,4)13-16)19-9-7-18(8-10-19)6-5-15(20)21/h14H,5-13H2,1-4H3,(H,20,21). The number of hydrogen-bond acceptors (Lipinski definition) is 3. The predicted octanol–water partition coefficient (Wildman–Crippen LogP) is 2.68. The molecule has 1 aliphatic carbocycles.